The zero-order chi connectivity index (χ0) is 18.7. The molecule has 1 amide bonds. The summed E-state index contributed by atoms with van der Waals surface area (Å²) in [5.41, 5.74) is -0.235. The second-order valence-electron chi connectivity index (χ2n) is 8.05. The summed E-state index contributed by atoms with van der Waals surface area (Å²) >= 11 is 0. The lowest BCUT2D eigenvalue weighted by Crippen LogP contribution is -2.56. The summed E-state index contributed by atoms with van der Waals surface area (Å²) in [6.07, 6.45) is 2.37. The van der Waals surface area contributed by atoms with Gasteiger partial charge in [0.15, 0.2) is 5.60 Å². The number of rotatable bonds is 5. The first-order chi connectivity index (χ1) is 11.7. The van der Waals surface area contributed by atoms with Crippen LogP contribution in [0.2, 0.25) is 0 Å². The lowest BCUT2D eigenvalue weighted by molar-refractivity contribution is -0.134. The highest BCUT2D eigenvalue weighted by molar-refractivity contribution is 5.84. The van der Waals surface area contributed by atoms with Crippen LogP contribution < -0.4 is 10.1 Å². The van der Waals surface area contributed by atoms with Gasteiger partial charge in [-0.15, -0.1) is 0 Å². The van der Waals surface area contributed by atoms with Crippen molar-refractivity contribution in [2.45, 2.75) is 52.2 Å². The van der Waals surface area contributed by atoms with E-state index in [1.165, 1.54) is 12.8 Å². The molecule has 5 heteroatoms. The summed E-state index contributed by atoms with van der Waals surface area (Å²) in [6, 6.07) is 9.18. The molecular weight excluding hydrogens is 314 g/mol. The molecule has 0 aromatic heterocycles. The van der Waals surface area contributed by atoms with Gasteiger partial charge in [-0.25, -0.2) is 0 Å². The average Bonchev–Trinajstić information content (AvgIpc) is 2.54. The number of ether oxygens (including phenoxy) is 1. The van der Waals surface area contributed by atoms with Gasteiger partial charge in [-0.05, 0) is 70.0 Å². The van der Waals surface area contributed by atoms with E-state index in [0.29, 0.717) is 23.9 Å². The molecule has 1 aliphatic rings. The molecule has 0 saturated carbocycles. The second-order valence-corrected chi connectivity index (χ2v) is 8.05. The Morgan fingerprint density at radius 2 is 2.04 bits per heavy atom. The van der Waals surface area contributed by atoms with Crippen LogP contribution >= 0.6 is 0 Å². The smallest absolute Gasteiger partial charge is 0.263 e. The predicted octanol–water partition coefficient (Wildman–Crippen LogP) is 2.95. The van der Waals surface area contributed by atoms with Gasteiger partial charge in [0.05, 0.1) is 11.6 Å². The summed E-state index contributed by atoms with van der Waals surface area (Å²) < 4.78 is 5.85. The van der Waals surface area contributed by atoms with E-state index < -0.39 is 5.60 Å². The maximum Gasteiger partial charge on any atom is 0.263 e. The van der Waals surface area contributed by atoms with E-state index >= 15 is 0 Å². The monoisotopic (exact) mass is 343 g/mol. The lowest BCUT2D eigenvalue weighted by atomic mass is 9.76. The third kappa shape index (κ3) is 4.73. The molecule has 0 aliphatic carbocycles. The molecular formula is C20H29N3O2. The van der Waals surface area contributed by atoms with Crippen molar-refractivity contribution in [3.05, 3.63) is 29.8 Å². The van der Waals surface area contributed by atoms with Gasteiger partial charge in [0.1, 0.15) is 5.75 Å². The van der Waals surface area contributed by atoms with Gasteiger partial charge in [0, 0.05) is 12.6 Å². The van der Waals surface area contributed by atoms with Gasteiger partial charge in [0.25, 0.3) is 5.91 Å². The maximum absolute atomic E-state index is 12.6. The summed E-state index contributed by atoms with van der Waals surface area (Å²) in [7, 11) is 2.12. The first-order valence-corrected chi connectivity index (χ1v) is 8.83. The van der Waals surface area contributed by atoms with Crippen LogP contribution in [0.15, 0.2) is 24.3 Å². The molecule has 2 rings (SSSR count). The average molecular weight is 343 g/mol. The number of nitrogens with one attached hydrogen (secondary N) is 1. The number of piperidine rings is 1. The topological polar surface area (TPSA) is 65.4 Å². The third-order valence-electron chi connectivity index (χ3n) is 5.13. The number of hydrogen-bond donors (Lipinski definition) is 1. The first-order valence-electron chi connectivity index (χ1n) is 8.83. The van der Waals surface area contributed by atoms with E-state index in [4.69, 9.17) is 10.00 Å². The van der Waals surface area contributed by atoms with Crippen molar-refractivity contribution < 1.29 is 9.53 Å². The summed E-state index contributed by atoms with van der Waals surface area (Å²) in [6.45, 7) is 9.72. The second kappa shape index (κ2) is 7.45. The molecule has 1 unspecified atom stereocenters. The molecule has 1 saturated heterocycles. The fourth-order valence-corrected chi connectivity index (χ4v) is 3.48. The first kappa shape index (κ1) is 19.3. The Labute approximate surface area is 151 Å². The van der Waals surface area contributed by atoms with Gasteiger partial charge in [-0.3, -0.25) is 4.79 Å². The molecule has 5 nitrogen and oxygen atoms in total. The number of likely N-dealkylation sites (N-methyl/N-ethyl adjacent to an activating group) is 1. The summed E-state index contributed by atoms with van der Waals surface area (Å²) in [4.78, 5) is 15.0. The lowest BCUT2D eigenvalue weighted by Gasteiger charge is -2.45. The molecule has 1 atom stereocenters. The number of nitrogens with zero attached hydrogens (tertiary/aromatic N) is 2. The highest BCUT2D eigenvalue weighted by Crippen LogP contribution is 2.34. The van der Waals surface area contributed by atoms with Gasteiger partial charge >= 0.3 is 0 Å². The Kier molecular flexibility index (Phi) is 5.74. The zero-order valence-corrected chi connectivity index (χ0v) is 15.9. The molecule has 136 valence electrons. The number of amides is 1. The SMILES string of the molecule is CN1CCCC(C)(C)C1CNC(=O)C(C)(C)Oc1ccc(C#N)cc1. The van der Waals surface area contributed by atoms with Crippen LogP contribution in [0.25, 0.3) is 0 Å². The van der Waals surface area contributed by atoms with Gasteiger partial charge in [-0.2, -0.15) is 5.26 Å². The number of hydrogen-bond acceptors (Lipinski definition) is 4. The third-order valence-corrected chi connectivity index (χ3v) is 5.13. The fraction of sp³-hybridized carbons (Fsp3) is 0.600. The minimum Gasteiger partial charge on any atom is -0.478 e. The fourth-order valence-electron chi connectivity index (χ4n) is 3.48. The number of carbonyl (C=O) groups is 1. The molecule has 1 aromatic rings. The van der Waals surface area contributed by atoms with Crippen LogP contribution in [-0.4, -0.2) is 42.6 Å². The van der Waals surface area contributed by atoms with Crippen molar-refractivity contribution in [3.63, 3.8) is 0 Å². The van der Waals surface area contributed by atoms with E-state index in [0.717, 1.165) is 6.54 Å². The summed E-state index contributed by atoms with van der Waals surface area (Å²) in [5, 5.41) is 11.9. The van der Waals surface area contributed by atoms with E-state index in [1.54, 1.807) is 38.1 Å². The van der Waals surface area contributed by atoms with Crippen LogP contribution in [0.1, 0.15) is 46.1 Å². The van der Waals surface area contributed by atoms with E-state index in [-0.39, 0.29) is 11.3 Å². The Morgan fingerprint density at radius 3 is 2.60 bits per heavy atom. The Morgan fingerprint density at radius 1 is 1.40 bits per heavy atom. The number of carbonyl (C=O) groups excluding carboxylic acids is 1. The molecule has 1 heterocycles. The van der Waals surface area contributed by atoms with Crippen molar-refractivity contribution in [1.82, 2.24) is 10.2 Å². The normalized spacial score (nSPS) is 20.6. The molecule has 1 aliphatic heterocycles. The van der Waals surface area contributed by atoms with Crippen LogP contribution in [0.3, 0.4) is 0 Å². The Hall–Kier alpha value is -2.06. The van der Waals surface area contributed by atoms with E-state index in [9.17, 15) is 4.79 Å². The highest BCUT2D eigenvalue weighted by atomic mass is 16.5. The van der Waals surface area contributed by atoms with Crippen molar-refractivity contribution in [2.24, 2.45) is 5.41 Å². The molecule has 0 spiro atoms. The van der Waals surface area contributed by atoms with Crippen molar-refractivity contribution in [1.29, 1.82) is 5.26 Å². The zero-order valence-electron chi connectivity index (χ0n) is 15.9. The molecule has 1 N–H and O–H groups in total. The van der Waals surface area contributed by atoms with E-state index in [1.807, 2.05) is 0 Å². The quantitative estimate of drug-likeness (QED) is 0.893. The molecule has 25 heavy (non-hydrogen) atoms. The van der Waals surface area contributed by atoms with Crippen LogP contribution in [-0.2, 0) is 4.79 Å². The van der Waals surface area contributed by atoms with Crippen molar-refractivity contribution in [3.8, 4) is 11.8 Å². The molecule has 0 bridgehead atoms. The number of likely N-dealkylation sites (tertiary alicyclic amines) is 1. The summed E-state index contributed by atoms with van der Waals surface area (Å²) in [5.74, 6) is 0.445. The molecule has 1 aromatic carbocycles. The maximum atomic E-state index is 12.6. The minimum absolute atomic E-state index is 0.133. The minimum atomic E-state index is -0.981. The number of nitriles is 1. The van der Waals surface area contributed by atoms with Gasteiger partial charge in [0.2, 0.25) is 0 Å². The van der Waals surface area contributed by atoms with Crippen LogP contribution in [0.5, 0.6) is 5.75 Å². The molecule has 1 fully saturated rings. The van der Waals surface area contributed by atoms with Gasteiger partial charge < -0.3 is 15.0 Å². The number of benzene rings is 1. The standard InChI is InChI=1S/C20H29N3O2/c1-19(2)11-6-12-23(5)17(19)14-22-18(24)20(3,4)25-16-9-7-15(13-21)8-10-16/h7-10,17H,6,11-12,14H2,1-5H3,(H,22,24). The largest absolute Gasteiger partial charge is 0.478 e. The van der Waals surface area contributed by atoms with Crippen molar-refractivity contribution in [2.75, 3.05) is 20.1 Å². The van der Waals surface area contributed by atoms with Crippen LogP contribution in [0.4, 0.5) is 0 Å². The predicted molar refractivity (Wildman–Crippen MR) is 98.3 cm³/mol. The Bertz CT molecular complexity index is 644. The molecule has 0 radical (unpaired) electrons. The van der Waals surface area contributed by atoms with Crippen LogP contribution in [0, 0.1) is 16.7 Å². The Balaban J connectivity index is 1.97. The van der Waals surface area contributed by atoms with E-state index in [2.05, 4.69) is 37.2 Å². The van der Waals surface area contributed by atoms with Crippen molar-refractivity contribution >= 4 is 5.91 Å². The van der Waals surface area contributed by atoms with Gasteiger partial charge in [-0.1, -0.05) is 13.8 Å². The highest BCUT2D eigenvalue weighted by Gasteiger charge is 2.37.